The number of hydrogen-bond donors (Lipinski definition) is 4. The SMILES string of the molecule is NC1C2CCCOC2C1NC(=O)c1ccc(O)c(O)c1. The van der Waals surface area contributed by atoms with Gasteiger partial charge in [-0.25, -0.2) is 0 Å². The van der Waals surface area contributed by atoms with Crippen LogP contribution in [0.5, 0.6) is 11.5 Å². The minimum atomic E-state index is -0.326. The lowest BCUT2D eigenvalue weighted by atomic mass is 9.68. The van der Waals surface area contributed by atoms with E-state index in [0.29, 0.717) is 12.5 Å². The quantitative estimate of drug-likeness (QED) is 0.584. The van der Waals surface area contributed by atoms with Gasteiger partial charge in [-0.15, -0.1) is 0 Å². The molecule has 1 amide bonds. The molecular weight excluding hydrogens is 260 g/mol. The molecule has 1 aromatic rings. The number of aromatic hydroxyl groups is 2. The van der Waals surface area contributed by atoms with Gasteiger partial charge in [0.05, 0.1) is 12.1 Å². The lowest BCUT2D eigenvalue weighted by Crippen LogP contribution is -2.72. The Morgan fingerprint density at radius 3 is 2.90 bits per heavy atom. The van der Waals surface area contributed by atoms with Gasteiger partial charge in [0.15, 0.2) is 11.5 Å². The van der Waals surface area contributed by atoms with Crippen molar-refractivity contribution in [2.24, 2.45) is 11.7 Å². The topological polar surface area (TPSA) is 105 Å². The molecule has 6 heteroatoms. The summed E-state index contributed by atoms with van der Waals surface area (Å²) < 4.78 is 5.66. The van der Waals surface area contributed by atoms with E-state index in [0.717, 1.165) is 12.8 Å². The third-order valence-corrected chi connectivity index (χ3v) is 4.21. The lowest BCUT2D eigenvalue weighted by molar-refractivity contribution is -0.117. The minimum Gasteiger partial charge on any atom is -0.504 e. The van der Waals surface area contributed by atoms with Crippen molar-refractivity contribution in [2.45, 2.75) is 31.0 Å². The van der Waals surface area contributed by atoms with Crippen LogP contribution >= 0.6 is 0 Å². The van der Waals surface area contributed by atoms with E-state index in [1.807, 2.05) is 0 Å². The summed E-state index contributed by atoms with van der Waals surface area (Å²) in [5, 5.41) is 21.5. The second kappa shape index (κ2) is 4.96. The fourth-order valence-corrected chi connectivity index (χ4v) is 3.03. The number of nitrogens with one attached hydrogen (secondary N) is 1. The zero-order valence-electron chi connectivity index (χ0n) is 11.0. The summed E-state index contributed by atoms with van der Waals surface area (Å²) in [5.41, 5.74) is 6.36. The van der Waals surface area contributed by atoms with E-state index in [-0.39, 0.29) is 41.2 Å². The molecular formula is C14H18N2O4. The molecule has 1 aliphatic heterocycles. The van der Waals surface area contributed by atoms with Crippen molar-refractivity contribution in [3.05, 3.63) is 23.8 Å². The number of nitrogens with two attached hydrogens (primary N) is 1. The van der Waals surface area contributed by atoms with Crippen LogP contribution in [0.1, 0.15) is 23.2 Å². The van der Waals surface area contributed by atoms with Crippen LogP contribution in [0.2, 0.25) is 0 Å². The third kappa shape index (κ3) is 2.10. The van der Waals surface area contributed by atoms with Gasteiger partial charge in [-0.2, -0.15) is 0 Å². The molecule has 1 aromatic carbocycles. The zero-order valence-corrected chi connectivity index (χ0v) is 11.0. The van der Waals surface area contributed by atoms with E-state index < -0.39 is 0 Å². The van der Waals surface area contributed by atoms with E-state index in [1.165, 1.54) is 18.2 Å². The Hall–Kier alpha value is -1.79. The molecule has 0 bridgehead atoms. The van der Waals surface area contributed by atoms with E-state index in [4.69, 9.17) is 10.5 Å². The number of fused-ring (bicyclic) bond motifs is 1. The summed E-state index contributed by atoms with van der Waals surface area (Å²) in [6.45, 7) is 0.709. The predicted octanol–water partition coefficient (Wildman–Crippen LogP) is 0.332. The molecule has 4 atom stereocenters. The van der Waals surface area contributed by atoms with Crippen LogP contribution in [0.3, 0.4) is 0 Å². The zero-order chi connectivity index (χ0) is 14.3. The molecule has 20 heavy (non-hydrogen) atoms. The van der Waals surface area contributed by atoms with Gasteiger partial charge in [0, 0.05) is 24.1 Å². The molecule has 5 N–H and O–H groups in total. The van der Waals surface area contributed by atoms with Gasteiger partial charge in [-0.3, -0.25) is 4.79 Å². The first-order chi connectivity index (χ1) is 9.58. The van der Waals surface area contributed by atoms with Crippen molar-refractivity contribution in [1.82, 2.24) is 5.32 Å². The highest BCUT2D eigenvalue weighted by Gasteiger charge is 2.51. The summed E-state index contributed by atoms with van der Waals surface area (Å²) in [6.07, 6.45) is 2.05. The number of carbonyl (C=O) groups is 1. The first-order valence-electron chi connectivity index (χ1n) is 6.78. The number of carbonyl (C=O) groups excluding carboxylic acids is 1. The minimum absolute atomic E-state index is 0.00610. The van der Waals surface area contributed by atoms with Crippen LogP contribution in [0.25, 0.3) is 0 Å². The smallest absolute Gasteiger partial charge is 0.251 e. The van der Waals surface area contributed by atoms with Gasteiger partial charge in [-0.1, -0.05) is 0 Å². The van der Waals surface area contributed by atoms with E-state index >= 15 is 0 Å². The van der Waals surface area contributed by atoms with E-state index in [2.05, 4.69) is 5.32 Å². The molecule has 3 rings (SSSR count). The Kier molecular flexibility index (Phi) is 3.27. The number of benzene rings is 1. The maximum atomic E-state index is 12.1. The maximum absolute atomic E-state index is 12.1. The Labute approximate surface area is 116 Å². The Bertz CT molecular complexity index is 534. The van der Waals surface area contributed by atoms with Gasteiger partial charge in [0.25, 0.3) is 5.91 Å². The molecule has 0 aromatic heterocycles. The summed E-state index contributed by atoms with van der Waals surface area (Å²) in [5.74, 6) is -0.574. The number of hydrogen-bond acceptors (Lipinski definition) is 5. The number of phenolic OH excluding ortho intramolecular Hbond substituents is 2. The first kappa shape index (κ1) is 13.2. The van der Waals surface area contributed by atoms with Crippen molar-refractivity contribution < 1.29 is 19.7 Å². The Morgan fingerprint density at radius 2 is 2.15 bits per heavy atom. The second-order valence-corrected chi connectivity index (χ2v) is 5.42. The molecule has 1 saturated carbocycles. The van der Waals surface area contributed by atoms with Gasteiger partial charge in [0.1, 0.15) is 0 Å². The molecule has 108 valence electrons. The third-order valence-electron chi connectivity index (χ3n) is 4.21. The van der Waals surface area contributed by atoms with Crippen LogP contribution in [-0.4, -0.2) is 40.9 Å². The predicted molar refractivity (Wildman–Crippen MR) is 71.5 cm³/mol. The molecule has 0 radical (unpaired) electrons. The largest absolute Gasteiger partial charge is 0.504 e. The fraction of sp³-hybridized carbons (Fsp3) is 0.500. The number of amides is 1. The lowest BCUT2D eigenvalue weighted by Gasteiger charge is -2.52. The molecule has 1 aliphatic carbocycles. The Balaban J connectivity index is 1.68. The van der Waals surface area contributed by atoms with Crippen LogP contribution in [-0.2, 0) is 4.74 Å². The van der Waals surface area contributed by atoms with E-state index in [9.17, 15) is 15.0 Å². The highest BCUT2D eigenvalue weighted by Crippen LogP contribution is 2.37. The molecule has 2 aliphatic rings. The van der Waals surface area contributed by atoms with E-state index in [1.54, 1.807) is 0 Å². The Morgan fingerprint density at radius 1 is 1.35 bits per heavy atom. The monoisotopic (exact) mass is 278 g/mol. The van der Waals surface area contributed by atoms with Crippen LogP contribution in [0.15, 0.2) is 18.2 Å². The average molecular weight is 278 g/mol. The molecule has 4 unspecified atom stereocenters. The second-order valence-electron chi connectivity index (χ2n) is 5.42. The summed E-state index contributed by atoms with van der Waals surface area (Å²) in [4.78, 5) is 12.1. The van der Waals surface area contributed by atoms with Crippen molar-refractivity contribution in [3.63, 3.8) is 0 Å². The average Bonchev–Trinajstić information content (AvgIpc) is 2.47. The highest BCUT2D eigenvalue weighted by molar-refractivity contribution is 5.95. The molecule has 1 saturated heterocycles. The van der Waals surface area contributed by atoms with Gasteiger partial charge < -0.3 is 26.0 Å². The molecule has 1 heterocycles. The van der Waals surface area contributed by atoms with Crippen molar-refractivity contribution in [2.75, 3.05) is 6.61 Å². The van der Waals surface area contributed by atoms with Gasteiger partial charge in [0.2, 0.25) is 0 Å². The van der Waals surface area contributed by atoms with Gasteiger partial charge >= 0.3 is 0 Å². The van der Waals surface area contributed by atoms with Crippen LogP contribution in [0, 0.1) is 5.92 Å². The number of ether oxygens (including phenoxy) is 1. The van der Waals surface area contributed by atoms with Crippen LogP contribution < -0.4 is 11.1 Å². The maximum Gasteiger partial charge on any atom is 0.251 e. The molecule has 6 nitrogen and oxygen atoms in total. The number of rotatable bonds is 2. The van der Waals surface area contributed by atoms with Crippen molar-refractivity contribution in [3.8, 4) is 11.5 Å². The van der Waals surface area contributed by atoms with Crippen molar-refractivity contribution >= 4 is 5.91 Å². The summed E-state index contributed by atoms with van der Waals surface area (Å²) in [6, 6.07) is 3.69. The normalized spacial score (nSPS) is 32.0. The first-order valence-corrected chi connectivity index (χ1v) is 6.78. The summed E-state index contributed by atoms with van der Waals surface area (Å²) in [7, 11) is 0. The van der Waals surface area contributed by atoms with Gasteiger partial charge in [-0.05, 0) is 31.0 Å². The van der Waals surface area contributed by atoms with Crippen molar-refractivity contribution in [1.29, 1.82) is 0 Å². The fourth-order valence-electron chi connectivity index (χ4n) is 3.03. The molecule has 2 fully saturated rings. The standard InChI is InChI=1S/C14H18N2O4/c15-11-8-2-1-5-20-13(8)12(11)16-14(19)7-3-4-9(17)10(18)6-7/h3-4,6,8,11-13,17-18H,1-2,5,15H2,(H,16,19). The van der Waals surface area contributed by atoms with Crippen LogP contribution in [0.4, 0.5) is 0 Å². The number of phenols is 2. The summed E-state index contributed by atoms with van der Waals surface area (Å²) >= 11 is 0. The molecule has 0 spiro atoms. The highest BCUT2D eigenvalue weighted by atomic mass is 16.5.